The number of H-pyrrole nitrogens is 2. The Morgan fingerprint density at radius 3 is 2.04 bits per heavy atom. The molecule has 0 fully saturated rings. The van der Waals surface area contributed by atoms with Crippen molar-refractivity contribution in [2.75, 3.05) is 0 Å². The fourth-order valence-electron chi connectivity index (χ4n) is 1.53. The predicted octanol–water partition coefficient (Wildman–Crippen LogP) is 4.17. The van der Waals surface area contributed by atoms with Crippen molar-refractivity contribution < 1.29 is 0 Å². The van der Waals surface area contributed by atoms with Gasteiger partial charge in [0.05, 0.1) is 6.20 Å². The maximum atomic E-state index is 3.97. The van der Waals surface area contributed by atoms with Crippen LogP contribution in [0.5, 0.6) is 0 Å². The zero-order chi connectivity index (χ0) is 17.6. The van der Waals surface area contributed by atoms with Crippen molar-refractivity contribution in [3.63, 3.8) is 0 Å². The number of aliphatic imine (C=N–C) groups is 2. The van der Waals surface area contributed by atoms with E-state index in [1.165, 1.54) is 16.8 Å². The van der Waals surface area contributed by atoms with Gasteiger partial charge in [0.25, 0.3) is 0 Å². The van der Waals surface area contributed by atoms with Gasteiger partial charge in [-0.05, 0) is 44.9 Å². The van der Waals surface area contributed by atoms with Gasteiger partial charge in [-0.3, -0.25) is 20.2 Å². The van der Waals surface area contributed by atoms with Crippen LogP contribution in [0.25, 0.3) is 0 Å². The first kappa shape index (κ1) is 19.3. The highest BCUT2D eigenvalue weighted by Crippen LogP contribution is 2.02. The van der Waals surface area contributed by atoms with Gasteiger partial charge in [-0.15, -0.1) is 0 Å². The summed E-state index contributed by atoms with van der Waals surface area (Å²) in [6.45, 7) is 8.06. The van der Waals surface area contributed by atoms with E-state index in [2.05, 4.69) is 43.4 Å². The summed E-state index contributed by atoms with van der Waals surface area (Å²) in [5.41, 5.74) is 4.86. The van der Waals surface area contributed by atoms with E-state index in [0.717, 1.165) is 18.5 Å². The molecular formula is C18H26N6. The third-order valence-electron chi connectivity index (χ3n) is 2.90. The summed E-state index contributed by atoms with van der Waals surface area (Å²) in [5, 5.41) is 12.8. The highest BCUT2D eigenvalue weighted by Gasteiger charge is 1.88. The highest BCUT2D eigenvalue weighted by molar-refractivity contribution is 5.85. The van der Waals surface area contributed by atoms with Gasteiger partial charge in [-0.25, -0.2) is 0 Å². The zero-order valence-electron chi connectivity index (χ0n) is 14.8. The molecule has 0 unspecified atom stereocenters. The molecule has 0 saturated carbocycles. The number of nitrogens with zero attached hydrogens (tertiary/aromatic N) is 4. The Balaban J connectivity index is 0.000000160. The maximum Gasteiger partial charge on any atom is 0.0516 e. The standard InChI is InChI=1S/2C5H7N.2C4H6N2/c1-5-2-3-6-4-5;1-5-3-2-4-6-5;1-4-2-5-6-3-4;1-4-2-3-5-6-4/h3-4H,2H2,1H3;2,4H,3H2,1H3;2*2-3H,1H3,(H,5,6). The van der Waals surface area contributed by atoms with Gasteiger partial charge in [0.2, 0.25) is 0 Å². The van der Waals surface area contributed by atoms with Crippen LogP contribution in [0.1, 0.15) is 37.9 Å². The van der Waals surface area contributed by atoms with Crippen LogP contribution in [-0.2, 0) is 0 Å². The lowest BCUT2D eigenvalue weighted by molar-refractivity contribution is 1.05. The van der Waals surface area contributed by atoms with Crippen LogP contribution >= 0.6 is 0 Å². The summed E-state index contributed by atoms with van der Waals surface area (Å²) in [5.74, 6) is 0. The number of aromatic nitrogens is 4. The lowest BCUT2D eigenvalue weighted by atomic mass is 10.3. The highest BCUT2D eigenvalue weighted by atomic mass is 15.1. The third kappa shape index (κ3) is 10.0. The predicted molar refractivity (Wildman–Crippen MR) is 100 cm³/mol. The topological polar surface area (TPSA) is 82.1 Å². The van der Waals surface area contributed by atoms with E-state index in [9.17, 15) is 0 Å². The Morgan fingerprint density at radius 2 is 1.88 bits per heavy atom. The summed E-state index contributed by atoms with van der Waals surface area (Å²) >= 11 is 0. The molecule has 0 bridgehead atoms. The molecule has 4 rings (SSSR count). The third-order valence-corrected chi connectivity index (χ3v) is 2.90. The second-order valence-corrected chi connectivity index (χ2v) is 5.48. The minimum absolute atomic E-state index is 1.06. The van der Waals surface area contributed by atoms with Crippen LogP contribution in [0, 0.1) is 13.8 Å². The summed E-state index contributed by atoms with van der Waals surface area (Å²) in [4.78, 5) is 7.85. The van der Waals surface area contributed by atoms with Crippen molar-refractivity contribution in [3.05, 3.63) is 60.0 Å². The molecule has 0 aliphatic carbocycles. The van der Waals surface area contributed by atoms with Crippen LogP contribution in [0.2, 0.25) is 0 Å². The Labute approximate surface area is 143 Å². The molecule has 2 aliphatic heterocycles. The first-order valence-electron chi connectivity index (χ1n) is 7.85. The quantitative estimate of drug-likeness (QED) is 0.762. The van der Waals surface area contributed by atoms with Crippen LogP contribution < -0.4 is 0 Å². The lowest BCUT2D eigenvalue weighted by Crippen LogP contribution is -1.78. The van der Waals surface area contributed by atoms with Crippen LogP contribution in [0.15, 0.2) is 58.7 Å². The SMILES string of the molecule is CC1=CN=CC1.CC1=NC=CC1.Cc1ccn[nH]1.Cc1cn[nH]c1. The average molecular weight is 326 g/mol. The van der Waals surface area contributed by atoms with Gasteiger partial charge in [0.1, 0.15) is 0 Å². The first-order valence-corrected chi connectivity index (χ1v) is 7.85. The fourth-order valence-corrected chi connectivity index (χ4v) is 1.53. The maximum absolute atomic E-state index is 3.97. The number of nitrogens with one attached hydrogen (secondary N) is 2. The molecule has 0 atom stereocenters. The zero-order valence-corrected chi connectivity index (χ0v) is 14.8. The van der Waals surface area contributed by atoms with Gasteiger partial charge in [-0.2, -0.15) is 10.2 Å². The lowest BCUT2D eigenvalue weighted by Gasteiger charge is -1.76. The molecule has 0 aromatic carbocycles. The average Bonchev–Trinajstić information content (AvgIpc) is 3.31. The molecule has 4 heterocycles. The van der Waals surface area contributed by atoms with Crippen molar-refractivity contribution in [1.29, 1.82) is 0 Å². The van der Waals surface area contributed by atoms with Gasteiger partial charge in [0.15, 0.2) is 0 Å². The molecule has 0 saturated heterocycles. The van der Waals surface area contributed by atoms with Gasteiger partial charge < -0.3 is 0 Å². The van der Waals surface area contributed by atoms with Crippen molar-refractivity contribution in [3.8, 4) is 0 Å². The second-order valence-electron chi connectivity index (χ2n) is 5.48. The van der Waals surface area contributed by atoms with Crippen molar-refractivity contribution in [2.45, 2.75) is 40.5 Å². The molecule has 6 nitrogen and oxygen atoms in total. The number of aromatic amines is 2. The van der Waals surface area contributed by atoms with E-state index < -0.39 is 0 Å². The Hall–Kier alpha value is -2.76. The molecule has 2 aliphatic rings. The van der Waals surface area contributed by atoms with E-state index >= 15 is 0 Å². The summed E-state index contributed by atoms with van der Waals surface area (Å²) in [7, 11) is 0. The molecule has 2 aromatic rings. The normalized spacial score (nSPS) is 13.7. The van der Waals surface area contributed by atoms with Gasteiger partial charge >= 0.3 is 0 Å². The van der Waals surface area contributed by atoms with E-state index in [0.29, 0.717) is 0 Å². The van der Waals surface area contributed by atoms with E-state index in [4.69, 9.17) is 0 Å². The van der Waals surface area contributed by atoms with Gasteiger partial charge in [-0.1, -0.05) is 6.08 Å². The van der Waals surface area contributed by atoms with Crippen molar-refractivity contribution in [1.82, 2.24) is 20.4 Å². The van der Waals surface area contributed by atoms with Crippen molar-refractivity contribution in [2.24, 2.45) is 9.98 Å². The van der Waals surface area contributed by atoms with Crippen molar-refractivity contribution >= 4 is 11.9 Å². The number of hydrogen-bond acceptors (Lipinski definition) is 4. The van der Waals surface area contributed by atoms with E-state index in [1.807, 2.05) is 51.6 Å². The number of aryl methyl sites for hydroxylation is 2. The molecule has 128 valence electrons. The molecule has 0 radical (unpaired) electrons. The number of rotatable bonds is 0. The molecule has 2 aromatic heterocycles. The minimum Gasteiger partial charge on any atom is -0.285 e. The molecule has 0 amide bonds. The largest absolute Gasteiger partial charge is 0.285 e. The Kier molecular flexibility index (Phi) is 9.45. The van der Waals surface area contributed by atoms with E-state index in [-0.39, 0.29) is 0 Å². The van der Waals surface area contributed by atoms with Crippen LogP contribution in [0.4, 0.5) is 0 Å². The minimum atomic E-state index is 1.06. The number of hydrogen-bond donors (Lipinski definition) is 2. The fraction of sp³-hybridized carbons (Fsp3) is 0.333. The Bertz CT molecular complexity index is 600. The molecular weight excluding hydrogens is 300 g/mol. The molecule has 0 spiro atoms. The number of allylic oxidation sites excluding steroid dienone is 2. The molecule has 2 N–H and O–H groups in total. The molecule has 24 heavy (non-hydrogen) atoms. The smallest absolute Gasteiger partial charge is 0.0516 e. The van der Waals surface area contributed by atoms with Crippen LogP contribution in [0.3, 0.4) is 0 Å². The summed E-state index contributed by atoms with van der Waals surface area (Å²) in [6, 6.07) is 1.92. The van der Waals surface area contributed by atoms with Gasteiger partial charge in [0, 0.05) is 55.3 Å². The molecule has 6 heteroatoms. The Morgan fingerprint density at radius 1 is 1.04 bits per heavy atom. The monoisotopic (exact) mass is 326 g/mol. The summed E-state index contributed by atoms with van der Waals surface area (Å²) in [6.07, 6.45) is 15.2. The first-order chi connectivity index (χ1) is 11.6. The van der Waals surface area contributed by atoms with E-state index in [1.54, 1.807) is 12.4 Å². The second kappa shape index (κ2) is 11.8. The van der Waals surface area contributed by atoms with Crippen LogP contribution in [-0.4, -0.2) is 32.3 Å². The summed E-state index contributed by atoms with van der Waals surface area (Å²) < 4.78 is 0.